The molecule has 142 valence electrons. The van der Waals surface area contributed by atoms with Crippen LogP contribution in [0.25, 0.3) is 0 Å². The molecule has 0 atom stereocenters. The number of nitrogens with zero attached hydrogens (tertiary/aromatic N) is 2. The number of fused-ring (bicyclic) bond motifs is 1. The lowest BCUT2D eigenvalue weighted by molar-refractivity contribution is 0.0698. The number of carbonyl (C=O) groups excluding carboxylic acids is 1. The minimum Gasteiger partial charge on any atom is -0.336 e. The molecule has 1 fully saturated rings. The number of hydrogen-bond acceptors (Lipinski definition) is 3. The zero-order valence-electron chi connectivity index (χ0n) is 14.9. The molecule has 0 aromatic heterocycles. The molecule has 0 saturated carbocycles. The first kappa shape index (κ1) is 18.5. The predicted molar refractivity (Wildman–Crippen MR) is 105 cm³/mol. The van der Waals surface area contributed by atoms with Crippen molar-refractivity contribution in [2.24, 2.45) is 0 Å². The Balaban J connectivity index is 1.45. The molecule has 1 aliphatic heterocycles. The van der Waals surface area contributed by atoms with Crippen LogP contribution in [0.1, 0.15) is 27.9 Å². The standard InChI is InChI=1S/C20H21ClN2O3S/c21-18-5-2-6-19(14-18)27(25,26)23-11-9-22(10-12-23)20(24)17-8-7-15-3-1-4-16(15)13-17/h2,5-8,13-14H,1,3-4,9-12H2. The van der Waals surface area contributed by atoms with Gasteiger partial charge in [-0.25, -0.2) is 8.42 Å². The van der Waals surface area contributed by atoms with Crippen molar-refractivity contribution in [3.8, 4) is 0 Å². The molecule has 2 aromatic rings. The predicted octanol–water partition coefficient (Wildman–Crippen LogP) is 2.98. The van der Waals surface area contributed by atoms with Gasteiger partial charge in [0.15, 0.2) is 0 Å². The van der Waals surface area contributed by atoms with Gasteiger partial charge in [-0.15, -0.1) is 0 Å². The van der Waals surface area contributed by atoms with Crippen LogP contribution in [0.3, 0.4) is 0 Å². The summed E-state index contributed by atoms with van der Waals surface area (Å²) in [4.78, 5) is 14.7. The van der Waals surface area contributed by atoms with Crippen LogP contribution >= 0.6 is 11.6 Å². The maximum Gasteiger partial charge on any atom is 0.253 e. The summed E-state index contributed by atoms with van der Waals surface area (Å²) in [7, 11) is -3.60. The number of piperazine rings is 1. The number of sulfonamides is 1. The molecule has 7 heteroatoms. The van der Waals surface area contributed by atoms with Gasteiger partial charge in [0, 0.05) is 36.8 Å². The maximum absolute atomic E-state index is 12.8. The van der Waals surface area contributed by atoms with E-state index >= 15 is 0 Å². The molecule has 1 saturated heterocycles. The van der Waals surface area contributed by atoms with Gasteiger partial charge < -0.3 is 4.90 Å². The Bertz CT molecular complexity index is 982. The van der Waals surface area contributed by atoms with E-state index < -0.39 is 10.0 Å². The maximum atomic E-state index is 12.8. The highest BCUT2D eigenvalue weighted by molar-refractivity contribution is 7.89. The van der Waals surface area contributed by atoms with Gasteiger partial charge in [0.1, 0.15) is 0 Å². The summed E-state index contributed by atoms with van der Waals surface area (Å²) >= 11 is 5.93. The Kier molecular flexibility index (Phi) is 4.97. The zero-order chi connectivity index (χ0) is 19.0. The Hall–Kier alpha value is -1.89. The fraction of sp³-hybridized carbons (Fsp3) is 0.350. The topological polar surface area (TPSA) is 57.7 Å². The van der Waals surface area contributed by atoms with Gasteiger partial charge in [-0.3, -0.25) is 4.79 Å². The van der Waals surface area contributed by atoms with Crippen LogP contribution < -0.4 is 0 Å². The van der Waals surface area contributed by atoms with Crippen LogP contribution in [0, 0.1) is 0 Å². The smallest absolute Gasteiger partial charge is 0.253 e. The number of aryl methyl sites for hydroxylation is 2. The van der Waals surface area contributed by atoms with Crippen molar-refractivity contribution < 1.29 is 13.2 Å². The van der Waals surface area contributed by atoms with E-state index in [9.17, 15) is 13.2 Å². The van der Waals surface area contributed by atoms with Crippen LogP contribution in [0.2, 0.25) is 5.02 Å². The van der Waals surface area contributed by atoms with E-state index in [4.69, 9.17) is 11.6 Å². The molecule has 0 N–H and O–H groups in total. The lowest BCUT2D eigenvalue weighted by Gasteiger charge is -2.34. The zero-order valence-corrected chi connectivity index (χ0v) is 16.5. The molecular weight excluding hydrogens is 384 g/mol. The molecular formula is C20H21ClN2O3S. The summed E-state index contributed by atoms with van der Waals surface area (Å²) in [6.45, 7) is 1.34. The van der Waals surface area contributed by atoms with E-state index in [2.05, 4.69) is 6.07 Å². The Morgan fingerprint density at radius 1 is 0.926 bits per heavy atom. The van der Waals surface area contributed by atoms with Gasteiger partial charge >= 0.3 is 0 Å². The lowest BCUT2D eigenvalue weighted by Crippen LogP contribution is -2.50. The average Bonchev–Trinajstić information content (AvgIpc) is 3.15. The Labute approximate surface area is 164 Å². The third-order valence-corrected chi connectivity index (χ3v) is 7.43. The van der Waals surface area contributed by atoms with Gasteiger partial charge in [-0.2, -0.15) is 4.31 Å². The van der Waals surface area contributed by atoms with Gasteiger partial charge in [0.25, 0.3) is 5.91 Å². The molecule has 0 spiro atoms. The Morgan fingerprint density at radius 3 is 2.41 bits per heavy atom. The van der Waals surface area contributed by atoms with Crippen LogP contribution in [0.15, 0.2) is 47.4 Å². The third kappa shape index (κ3) is 3.61. The normalized spacial score (nSPS) is 17.7. The number of rotatable bonds is 3. The number of carbonyl (C=O) groups is 1. The molecule has 2 aliphatic rings. The summed E-state index contributed by atoms with van der Waals surface area (Å²) in [6.07, 6.45) is 3.26. The van der Waals surface area contributed by atoms with Crippen molar-refractivity contribution in [2.75, 3.05) is 26.2 Å². The van der Waals surface area contributed by atoms with E-state index in [0.29, 0.717) is 23.7 Å². The van der Waals surface area contributed by atoms with E-state index in [1.807, 2.05) is 12.1 Å². The van der Waals surface area contributed by atoms with E-state index in [-0.39, 0.29) is 23.9 Å². The first-order valence-electron chi connectivity index (χ1n) is 9.12. The fourth-order valence-corrected chi connectivity index (χ4v) is 5.52. The van der Waals surface area contributed by atoms with Crippen molar-refractivity contribution in [1.82, 2.24) is 9.21 Å². The summed E-state index contributed by atoms with van der Waals surface area (Å²) in [5.74, 6) is -0.0236. The van der Waals surface area contributed by atoms with Crippen LogP contribution in [0.5, 0.6) is 0 Å². The van der Waals surface area contributed by atoms with Crippen molar-refractivity contribution in [1.29, 1.82) is 0 Å². The van der Waals surface area contributed by atoms with E-state index in [1.54, 1.807) is 23.1 Å². The molecule has 4 rings (SSSR count). The highest BCUT2D eigenvalue weighted by Gasteiger charge is 2.30. The highest BCUT2D eigenvalue weighted by atomic mass is 35.5. The number of benzene rings is 2. The van der Waals surface area contributed by atoms with Crippen LogP contribution in [0.4, 0.5) is 0 Å². The Morgan fingerprint density at radius 2 is 1.67 bits per heavy atom. The van der Waals surface area contributed by atoms with Gasteiger partial charge in [0.2, 0.25) is 10.0 Å². The van der Waals surface area contributed by atoms with Crippen molar-refractivity contribution in [2.45, 2.75) is 24.2 Å². The minimum absolute atomic E-state index is 0.0236. The quantitative estimate of drug-likeness (QED) is 0.790. The molecule has 27 heavy (non-hydrogen) atoms. The SMILES string of the molecule is O=C(c1ccc2c(c1)CCC2)N1CCN(S(=O)(=O)c2cccc(Cl)c2)CC1. The molecule has 1 heterocycles. The van der Waals surface area contributed by atoms with Crippen molar-refractivity contribution in [3.63, 3.8) is 0 Å². The second kappa shape index (κ2) is 7.26. The first-order chi connectivity index (χ1) is 12.9. The molecule has 1 aliphatic carbocycles. The minimum atomic E-state index is -3.60. The average molecular weight is 405 g/mol. The van der Waals surface area contributed by atoms with Gasteiger partial charge in [-0.05, 0) is 60.7 Å². The molecule has 1 amide bonds. The fourth-order valence-electron chi connectivity index (χ4n) is 3.80. The van der Waals surface area contributed by atoms with Crippen molar-refractivity contribution >= 4 is 27.5 Å². The van der Waals surface area contributed by atoms with Gasteiger partial charge in [0.05, 0.1) is 4.90 Å². The molecule has 0 bridgehead atoms. The van der Waals surface area contributed by atoms with Gasteiger partial charge in [-0.1, -0.05) is 23.7 Å². The molecule has 0 radical (unpaired) electrons. The van der Waals surface area contributed by atoms with Crippen LogP contribution in [-0.4, -0.2) is 49.7 Å². The number of amides is 1. The molecule has 0 unspecified atom stereocenters. The summed E-state index contributed by atoms with van der Waals surface area (Å²) in [5, 5.41) is 0.390. The second-order valence-corrected chi connectivity index (χ2v) is 9.37. The number of halogens is 1. The largest absolute Gasteiger partial charge is 0.336 e. The first-order valence-corrected chi connectivity index (χ1v) is 10.9. The molecule has 5 nitrogen and oxygen atoms in total. The van der Waals surface area contributed by atoms with Crippen LogP contribution in [-0.2, 0) is 22.9 Å². The highest BCUT2D eigenvalue weighted by Crippen LogP contribution is 2.24. The summed E-state index contributed by atoms with van der Waals surface area (Å²) < 4.78 is 27.0. The second-order valence-electron chi connectivity index (χ2n) is 6.99. The van der Waals surface area contributed by atoms with E-state index in [1.165, 1.54) is 21.5 Å². The lowest BCUT2D eigenvalue weighted by atomic mass is 10.1. The summed E-state index contributed by atoms with van der Waals surface area (Å²) in [5.41, 5.74) is 3.30. The summed E-state index contributed by atoms with van der Waals surface area (Å²) in [6, 6.07) is 12.2. The number of hydrogen-bond donors (Lipinski definition) is 0. The molecule has 2 aromatic carbocycles. The monoisotopic (exact) mass is 404 g/mol. The van der Waals surface area contributed by atoms with E-state index in [0.717, 1.165) is 19.3 Å². The third-order valence-electron chi connectivity index (χ3n) is 5.31. The van der Waals surface area contributed by atoms with Crippen molar-refractivity contribution in [3.05, 3.63) is 64.2 Å².